The van der Waals surface area contributed by atoms with Crippen molar-refractivity contribution in [3.05, 3.63) is 12.4 Å². The minimum Gasteiger partial charge on any atom is -0.368 e. The molecule has 1 saturated carbocycles. The summed E-state index contributed by atoms with van der Waals surface area (Å²) in [6.45, 7) is 2.77. The number of amides is 1. The molecule has 5 nitrogen and oxygen atoms in total. The van der Waals surface area contributed by atoms with Gasteiger partial charge in [0.25, 0.3) is 0 Å². The first-order chi connectivity index (χ1) is 8.58. The van der Waals surface area contributed by atoms with E-state index in [-0.39, 0.29) is 5.91 Å². The Balaban J connectivity index is 2.07. The van der Waals surface area contributed by atoms with Gasteiger partial charge in [-0.25, -0.2) is 0 Å². The molecule has 0 spiro atoms. The van der Waals surface area contributed by atoms with Crippen molar-refractivity contribution >= 4 is 17.7 Å². The number of hydrogen-bond donors (Lipinski definition) is 2. The molecule has 1 aliphatic rings. The molecule has 1 aliphatic carbocycles. The summed E-state index contributed by atoms with van der Waals surface area (Å²) >= 11 is 1.64. The van der Waals surface area contributed by atoms with Crippen LogP contribution in [0.5, 0.6) is 0 Å². The number of carbonyl (C=O) groups excluding carboxylic acids is 1. The van der Waals surface area contributed by atoms with Crippen LogP contribution in [0.2, 0.25) is 0 Å². The highest BCUT2D eigenvalue weighted by molar-refractivity contribution is 7.99. The van der Waals surface area contributed by atoms with Gasteiger partial charge in [-0.05, 0) is 25.3 Å². The summed E-state index contributed by atoms with van der Waals surface area (Å²) in [6, 6.07) is 0. The first-order valence-corrected chi connectivity index (χ1v) is 7.23. The van der Waals surface area contributed by atoms with Crippen molar-refractivity contribution < 1.29 is 4.79 Å². The molecule has 1 atom stereocenters. The normalized spacial score (nSPS) is 18.6. The molecule has 1 unspecified atom stereocenters. The quantitative estimate of drug-likeness (QED) is 0.716. The minimum absolute atomic E-state index is 0.233. The van der Waals surface area contributed by atoms with Gasteiger partial charge in [-0.1, -0.05) is 6.92 Å². The van der Waals surface area contributed by atoms with Crippen LogP contribution < -0.4 is 11.1 Å². The number of likely N-dealkylation sites (N-methyl/N-ethyl adjacent to an activating group) is 1. The lowest BCUT2D eigenvalue weighted by Gasteiger charge is -2.31. The molecule has 100 valence electrons. The molecule has 0 aromatic carbocycles. The summed E-state index contributed by atoms with van der Waals surface area (Å²) < 4.78 is 1.76. The van der Waals surface area contributed by atoms with Crippen molar-refractivity contribution in [2.75, 3.05) is 12.3 Å². The number of nitrogens with one attached hydrogen (secondary N) is 1. The second-order valence-electron chi connectivity index (χ2n) is 4.78. The van der Waals surface area contributed by atoms with Crippen molar-refractivity contribution in [1.29, 1.82) is 0 Å². The molecule has 0 aliphatic heterocycles. The molecule has 3 N–H and O–H groups in total. The van der Waals surface area contributed by atoms with E-state index in [2.05, 4.69) is 10.4 Å². The molecule has 1 fully saturated rings. The summed E-state index contributed by atoms with van der Waals surface area (Å²) in [5, 5.41) is 7.44. The maximum atomic E-state index is 11.8. The van der Waals surface area contributed by atoms with Crippen LogP contribution >= 0.6 is 11.8 Å². The zero-order chi connectivity index (χ0) is 13.2. The third kappa shape index (κ3) is 2.70. The Labute approximate surface area is 111 Å². The summed E-state index contributed by atoms with van der Waals surface area (Å²) in [6.07, 6.45) is 5.94. The molecule has 1 aromatic heterocycles. The first kappa shape index (κ1) is 13.4. The largest absolute Gasteiger partial charge is 0.368 e. The van der Waals surface area contributed by atoms with Crippen LogP contribution in [0, 0.1) is 5.92 Å². The fourth-order valence-electron chi connectivity index (χ4n) is 2.23. The van der Waals surface area contributed by atoms with Crippen LogP contribution in [0.15, 0.2) is 17.3 Å². The van der Waals surface area contributed by atoms with Gasteiger partial charge in [-0.2, -0.15) is 5.10 Å². The lowest BCUT2D eigenvalue weighted by molar-refractivity contribution is -0.124. The maximum absolute atomic E-state index is 11.8. The number of hydrogen-bond acceptors (Lipinski definition) is 4. The number of aromatic nitrogens is 2. The lowest BCUT2D eigenvalue weighted by Crippen LogP contribution is -2.59. The van der Waals surface area contributed by atoms with Gasteiger partial charge in [0.1, 0.15) is 5.54 Å². The molecule has 6 heteroatoms. The van der Waals surface area contributed by atoms with E-state index in [9.17, 15) is 4.79 Å². The van der Waals surface area contributed by atoms with E-state index in [1.54, 1.807) is 16.4 Å². The molecule has 1 heterocycles. The Hall–Kier alpha value is -1.01. The van der Waals surface area contributed by atoms with Gasteiger partial charge in [0, 0.05) is 23.9 Å². The number of thioether (sulfide) groups is 1. The van der Waals surface area contributed by atoms with Gasteiger partial charge < -0.3 is 11.1 Å². The van der Waals surface area contributed by atoms with Gasteiger partial charge in [-0.3, -0.25) is 9.48 Å². The first-order valence-electron chi connectivity index (χ1n) is 6.25. The number of nitrogens with zero attached hydrogens (tertiary/aromatic N) is 2. The van der Waals surface area contributed by atoms with E-state index in [4.69, 9.17) is 5.73 Å². The van der Waals surface area contributed by atoms with E-state index in [0.717, 1.165) is 24.3 Å². The number of primary amides is 1. The Morgan fingerprint density at radius 1 is 1.72 bits per heavy atom. The van der Waals surface area contributed by atoms with Crippen molar-refractivity contribution in [3.8, 4) is 0 Å². The lowest BCUT2D eigenvalue weighted by atomic mass is 9.94. The number of rotatable bonds is 7. The van der Waals surface area contributed by atoms with Crippen molar-refractivity contribution in [3.63, 3.8) is 0 Å². The second-order valence-corrected chi connectivity index (χ2v) is 5.83. The summed E-state index contributed by atoms with van der Waals surface area (Å²) in [5.41, 5.74) is 5.07. The smallest absolute Gasteiger partial charge is 0.238 e. The summed E-state index contributed by atoms with van der Waals surface area (Å²) in [4.78, 5) is 12.9. The Morgan fingerprint density at radius 2 is 2.44 bits per heavy atom. The highest BCUT2D eigenvalue weighted by atomic mass is 32.2. The molecular weight excluding hydrogens is 248 g/mol. The van der Waals surface area contributed by atoms with Crippen molar-refractivity contribution in [1.82, 2.24) is 15.1 Å². The topological polar surface area (TPSA) is 72.9 Å². The van der Waals surface area contributed by atoms with Gasteiger partial charge >= 0.3 is 0 Å². The van der Waals surface area contributed by atoms with E-state index >= 15 is 0 Å². The maximum Gasteiger partial charge on any atom is 0.238 e. The van der Waals surface area contributed by atoms with Gasteiger partial charge in [0.2, 0.25) is 5.91 Å². The predicted octanol–water partition coefficient (Wildman–Crippen LogP) is 0.756. The van der Waals surface area contributed by atoms with Crippen molar-refractivity contribution in [2.24, 2.45) is 18.7 Å². The molecule has 0 radical (unpaired) electrons. The monoisotopic (exact) mass is 268 g/mol. The summed E-state index contributed by atoms with van der Waals surface area (Å²) in [7, 11) is 1.89. The zero-order valence-electron chi connectivity index (χ0n) is 10.8. The third-order valence-corrected chi connectivity index (χ3v) is 4.50. The molecule has 1 amide bonds. The standard InChI is InChI=1S/C12H20N4OS/c1-3-14-12(11(13)17,9-4-5-9)8-18-10-6-15-16(2)7-10/h6-7,9,14H,3-5,8H2,1-2H3,(H2,13,17). The molecular formula is C12H20N4OS. The fourth-order valence-corrected chi connectivity index (χ4v) is 3.46. The highest BCUT2D eigenvalue weighted by Crippen LogP contribution is 2.42. The second kappa shape index (κ2) is 5.32. The van der Waals surface area contributed by atoms with Crippen LogP contribution in [0.3, 0.4) is 0 Å². The fraction of sp³-hybridized carbons (Fsp3) is 0.667. The van der Waals surface area contributed by atoms with Crippen LogP contribution in [0.1, 0.15) is 19.8 Å². The minimum atomic E-state index is -0.560. The number of aryl methyl sites for hydroxylation is 1. The Morgan fingerprint density at radius 3 is 2.89 bits per heavy atom. The van der Waals surface area contributed by atoms with E-state index in [0.29, 0.717) is 11.7 Å². The SMILES string of the molecule is CCNC(CSc1cnn(C)c1)(C(N)=O)C1CC1. The number of carbonyl (C=O) groups is 1. The van der Waals surface area contributed by atoms with Crippen LogP contribution in [-0.4, -0.2) is 33.5 Å². The van der Waals surface area contributed by atoms with Crippen molar-refractivity contribution in [2.45, 2.75) is 30.2 Å². The predicted molar refractivity (Wildman–Crippen MR) is 72.3 cm³/mol. The average molecular weight is 268 g/mol. The van der Waals surface area contributed by atoms with Crippen LogP contribution in [-0.2, 0) is 11.8 Å². The van der Waals surface area contributed by atoms with Crippen LogP contribution in [0.4, 0.5) is 0 Å². The van der Waals surface area contributed by atoms with Gasteiger partial charge in [0.15, 0.2) is 0 Å². The summed E-state index contributed by atoms with van der Waals surface area (Å²) in [5.74, 6) is 0.828. The molecule has 0 saturated heterocycles. The van der Waals surface area contributed by atoms with Gasteiger partial charge in [0.05, 0.1) is 6.20 Å². The molecule has 0 bridgehead atoms. The third-order valence-electron chi connectivity index (χ3n) is 3.35. The van der Waals surface area contributed by atoms with Gasteiger partial charge in [-0.15, -0.1) is 11.8 Å². The Bertz CT molecular complexity index is 429. The average Bonchev–Trinajstić information content (AvgIpc) is 3.08. The highest BCUT2D eigenvalue weighted by Gasteiger charge is 2.49. The molecule has 2 rings (SSSR count). The number of nitrogens with two attached hydrogens (primary N) is 1. The Kier molecular flexibility index (Phi) is 3.97. The van der Waals surface area contributed by atoms with E-state index < -0.39 is 5.54 Å². The van der Waals surface area contributed by atoms with E-state index in [1.165, 1.54) is 0 Å². The zero-order valence-corrected chi connectivity index (χ0v) is 11.7. The van der Waals surface area contributed by atoms with Crippen LogP contribution in [0.25, 0.3) is 0 Å². The van der Waals surface area contributed by atoms with E-state index in [1.807, 2.05) is 26.4 Å². The molecule has 18 heavy (non-hydrogen) atoms. The molecule has 1 aromatic rings.